The van der Waals surface area contributed by atoms with Crippen LogP contribution in [0, 0.1) is 11.8 Å². The van der Waals surface area contributed by atoms with Crippen LogP contribution in [0.5, 0.6) is 11.5 Å². The lowest BCUT2D eigenvalue weighted by Crippen LogP contribution is -2.47. The van der Waals surface area contributed by atoms with Crippen LogP contribution in [0.15, 0.2) is 59.4 Å². The number of carbonyl (C=O) groups is 3. The van der Waals surface area contributed by atoms with Crippen LogP contribution in [0.3, 0.4) is 0 Å². The van der Waals surface area contributed by atoms with E-state index >= 15 is 0 Å². The third-order valence-corrected chi connectivity index (χ3v) is 10.1. The smallest absolute Gasteiger partial charge is 0.255 e. The number of anilines is 2. The van der Waals surface area contributed by atoms with Crippen molar-refractivity contribution >= 4 is 29.1 Å². The summed E-state index contributed by atoms with van der Waals surface area (Å²) in [6, 6.07) is 16.0. The number of hydrogen-bond donors (Lipinski definition) is 1. The Morgan fingerprint density at radius 3 is 2.35 bits per heavy atom. The van der Waals surface area contributed by atoms with E-state index in [4.69, 9.17) is 9.47 Å². The highest BCUT2D eigenvalue weighted by molar-refractivity contribution is 6.07. The number of pyridine rings is 1. The number of amides is 3. The van der Waals surface area contributed by atoms with Gasteiger partial charge in [-0.25, -0.2) is 0 Å². The topological polar surface area (TPSA) is 113 Å². The second-order valence-corrected chi connectivity index (χ2v) is 13.0. The average Bonchev–Trinajstić information content (AvgIpc) is 3.11. The summed E-state index contributed by atoms with van der Waals surface area (Å²) < 4.78 is 12.7. The number of fused-ring (bicyclic) bond motifs is 4. The highest BCUT2D eigenvalue weighted by Crippen LogP contribution is 2.40. The number of aromatic nitrogens is 1. The van der Waals surface area contributed by atoms with Gasteiger partial charge in [0.1, 0.15) is 11.5 Å². The zero-order chi connectivity index (χ0) is 33.9. The molecule has 4 heterocycles. The van der Waals surface area contributed by atoms with E-state index in [1.165, 1.54) is 14.2 Å². The molecule has 11 heteroatoms. The van der Waals surface area contributed by atoms with Gasteiger partial charge < -0.3 is 34.1 Å². The molecule has 2 fully saturated rings. The standard InChI is InChI=1S/C37H45N5O6/c1-5-39(6-2)37(46)26-9-8-14-40(22-26)36(45)25-12-13-33(31(18-25)38-35(44)27-16-29(47-3)19-30(17-27)48-4)41-20-24-15-28(23-41)32-10-7-11-34(43)42(32)21-24/h7,10-13,16-19,24,26,28H,5-6,8-9,14-15,20-23H2,1-4H3,(H,38,44)/t24-,26+,28+/m1/s1. The molecule has 3 atom stereocenters. The molecule has 3 aliphatic heterocycles. The third kappa shape index (κ3) is 6.63. The van der Waals surface area contributed by atoms with Crippen molar-refractivity contribution in [3.63, 3.8) is 0 Å². The molecular weight excluding hydrogens is 610 g/mol. The van der Waals surface area contributed by atoms with Crippen LogP contribution in [-0.2, 0) is 11.3 Å². The fraction of sp³-hybridized carbons (Fsp3) is 0.459. The molecule has 0 unspecified atom stereocenters. The largest absolute Gasteiger partial charge is 0.497 e. The Morgan fingerprint density at radius 2 is 1.65 bits per heavy atom. The normalized spacial score (nSPS) is 20.0. The molecule has 48 heavy (non-hydrogen) atoms. The van der Waals surface area contributed by atoms with Gasteiger partial charge in [-0.1, -0.05) is 6.07 Å². The van der Waals surface area contributed by atoms with Gasteiger partial charge in [0.05, 0.1) is 31.5 Å². The molecule has 1 N–H and O–H groups in total. The number of hydrogen-bond acceptors (Lipinski definition) is 7. The van der Waals surface area contributed by atoms with Crippen molar-refractivity contribution in [2.75, 3.05) is 63.7 Å². The summed E-state index contributed by atoms with van der Waals surface area (Å²) in [5.41, 5.74) is 3.19. The summed E-state index contributed by atoms with van der Waals surface area (Å²) in [7, 11) is 3.06. The molecule has 0 saturated carbocycles. The first-order valence-corrected chi connectivity index (χ1v) is 16.9. The van der Waals surface area contributed by atoms with Gasteiger partial charge in [-0.3, -0.25) is 19.2 Å². The van der Waals surface area contributed by atoms with E-state index in [1.807, 2.05) is 47.6 Å². The number of rotatable bonds is 9. The zero-order valence-corrected chi connectivity index (χ0v) is 28.2. The number of ether oxygens (including phenoxy) is 2. The van der Waals surface area contributed by atoms with E-state index in [1.54, 1.807) is 35.2 Å². The van der Waals surface area contributed by atoms with Gasteiger partial charge in [0.2, 0.25) is 5.91 Å². The lowest BCUT2D eigenvalue weighted by molar-refractivity contribution is -0.136. The minimum Gasteiger partial charge on any atom is -0.497 e. The predicted molar refractivity (Wildman–Crippen MR) is 184 cm³/mol. The van der Waals surface area contributed by atoms with E-state index in [0.717, 1.165) is 30.6 Å². The zero-order valence-electron chi connectivity index (χ0n) is 28.2. The van der Waals surface area contributed by atoms with Crippen LogP contribution in [0.2, 0.25) is 0 Å². The molecular formula is C37H45N5O6. The van der Waals surface area contributed by atoms with Gasteiger partial charge in [-0.05, 0) is 75.4 Å². The number of benzene rings is 2. The molecule has 2 aromatic carbocycles. The molecule has 3 aliphatic rings. The van der Waals surface area contributed by atoms with Gasteiger partial charge >= 0.3 is 0 Å². The van der Waals surface area contributed by atoms with Crippen LogP contribution in [0.1, 0.15) is 65.4 Å². The van der Waals surface area contributed by atoms with Gasteiger partial charge in [0.15, 0.2) is 0 Å². The average molecular weight is 656 g/mol. The van der Waals surface area contributed by atoms with Crippen LogP contribution in [-0.4, -0.2) is 85.6 Å². The molecule has 3 amide bonds. The van der Waals surface area contributed by atoms with Crippen molar-refractivity contribution in [2.45, 2.75) is 45.6 Å². The quantitative estimate of drug-likeness (QED) is 0.362. The fourth-order valence-corrected chi connectivity index (χ4v) is 7.61. The van der Waals surface area contributed by atoms with Crippen LogP contribution in [0.4, 0.5) is 11.4 Å². The molecule has 2 saturated heterocycles. The first-order valence-electron chi connectivity index (χ1n) is 16.9. The molecule has 6 rings (SSSR count). The first-order chi connectivity index (χ1) is 23.2. The number of methoxy groups -OCH3 is 2. The summed E-state index contributed by atoms with van der Waals surface area (Å²) in [4.78, 5) is 59.4. The maximum Gasteiger partial charge on any atom is 0.255 e. The molecule has 0 radical (unpaired) electrons. The van der Waals surface area contributed by atoms with Crippen molar-refractivity contribution in [1.82, 2.24) is 14.4 Å². The lowest BCUT2D eigenvalue weighted by atomic mass is 9.83. The Morgan fingerprint density at radius 1 is 0.896 bits per heavy atom. The number of carbonyl (C=O) groups excluding carboxylic acids is 3. The van der Waals surface area contributed by atoms with Gasteiger partial charge in [-0.15, -0.1) is 0 Å². The molecule has 11 nitrogen and oxygen atoms in total. The van der Waals surface area contributed by atoms with Crippen molar-refractivity contribution in [2.24, 2.45) is 11.8 Å². The van der Waals surface area contributed by atoms with E-state index in [9.17, 15) is 19.2 Å². The SMILES string of the molecule is CCN(CC)C(=O)[C@H]1CCCN(C(=O)c2ccc(N3C[C@H]4C[C@@H](C3)c3cccc(=O)n3C4)c(NC(=O)c3cc(OC)cc(OC)c3)c2)C1. The van der Waals surface area contributed by atoms with Crippen LogP contribution in [0.25, 0.3) is 0 Å². The van der Waals surface area contributed by atoms with Crippen molar-refractivity contribution in [1.29, 1.82) is 0 Å². The second-order valence-electron chi connectivity index (χ2n) is 13.0. The first kappa shape index (κ1) is 33.1. The lowest BCUT2D eigenvalue weighted by Gasteiger charge is -2.44. The third-order valence-electron chi connectivity index (χ3n) is 10.1. The fourth-order valence-electron chi connectivity index (χ4n) is 7.61. The summed E-state index contributed by atoms with van der Waals surface area (Å²) in [6.07, 6.45) is 2.50. The molecule has 1 aromatic heterocycles. The summed E-state index contributed by atoms with van der Waals surface area (Å²) in [5, 5.41) is 3.10. The number of likely N-dealkylation sites (tertiary alicyclic amines) is 1. The molecule has 2 bridgehead atoms. The highest BCUT2D eigenvalue weighted by Gasteiger charge is 2.36. The number of piperidine rings is 2. The Labute approximate surface area is 281 Å². The summed E-state index contributed by atoms with van der Waals surface area (Å²) in [6.45, 7) is 8.20. The van der Waals surface area contributed by atoms with Crippen molar-refractivity contribution < 1.29 is 23.9 Å². The second kappa shape index (κ2) is 14.1. The summed E-state index contributed by atoms with van der Waals surface area (Å²) in [5.74, 6) is 0.725. The number of nitrogens with zero attached hydrogens (tertiary/aromatic N) is 4. The van der Waals surface area contributed by atoms with Crippen LogP contribution >= 0.6 is 0 Å². The molecule has 3 aromatic rings. The Hall–Kier alpha value is -4.80. The van der Waals surface area contributed by atoms with E-state index in [2.05, 4.69) is 10.2 Å². The van der Waals surface area contributed by atoms with E-state index in [-0.39, 0.29) is 41.0 Å². The van der Waals surface area contributed by atoms with Gasteiger partial charge in [-0.2, -0.15) is 0 Å². The van der Waals surface area contributed by atoms with E-state index in [0.29, 0.717) is 74.1 Å². The Kier molecular flexibility index (Phi) is 9.75. The maximum atomic E-state index is 14.0. The van der Waals surface area contributed by atoms with Gasteiger partial charge in [0, 0.05) is 80.7 Å². The molecule has 0 spiro atoms. The monoisotopic (exact) mass is 655 g/mol. The van der Waals surface area contributed by atoms with Crippen molar-refractivity contribution in [3.05, 3.63) is 81.8 Å². The summed E-state index contributed by atoms with van der Waals surface area (Å²) >= 11 is 0. The Balaban J connectivity index is 1.32. The Bertz CT molecular complexity index is 1730. The minimum absolute atomic E-state index is 0.0268. The molecule has 0 aliphatic carbocycles. The maximum absolute atomic E-state index is 14.0. The number of nitrogens with one attached hydrogen (secondary N) is 1. The minimum atomic E-state index is -0.366. The van der Waals surface area contributed by atoms with Gasteiger partial charge in [0.25, 0.3) is 17.4 Å². The molecule has 254 valence electrons. The van der Waals surface area contributed by atoms with Crippen LogP contribution < -0.4 is 25.2 Å². The van der Waals surface area contributed by atoms with Crippen molar-refractivity contribution in [3.8, 4) is 11.5 Å². The predicted octanol–water partition coefficient (Wildman–Crippen LogP) is 4.46. The van der Waals surface area contributed by atoms with E-state index < -0.39 is 0 Å². The highest BCUT2D eigenvalue weighted by atomic mass is 16.5.